The van der Waals surface area contributed by atoms with Gasteiger partial charge < -0.3 is 14.4 Å². The number of carbonyl (C=O) groups is 1. The van der Waals surface area contributed by atoms with Crippen molar-refractivity contribution in [2.24, 2.45) is 0 Å². The molecule has 0 radical (unpaired) electrons. The molecule has 1 heterocycles. The lowest BCUT2D eigenvalue weighted by Gasteiger charge is -2.32. The van der Waals surface area contributed by atoms with Crippen LogP contribution in [-0.4, -0.2) is 37.8 Å². The second-order valence-corrected chi connectivity index (χ2v) is 3.69. The lowest BCUT2D eigenvalue weighted by molar-refractivity contribution is -0.0258. The molecule has 86 valence electrons. The summed E-state index contributed by atoms with van der Waals surface area (Å²) in [6.07, 6.45) is -0.335. The third-order valence-corrected chi connectivity index (χ3v) is 2.67. The Bertz CT molecular complexity index is 353. The number of nitrogens with zero attached hydrogens (tertiary/aromatic N) is 1. The maximum Gasteiger partial charge on any atom is 0.409 e. The smallest absolute Gasteiger partial charge is 0.409 e. The zero-order valence-electron chi connectivity index (χ0n) is 9.26. The minimum absolute atomic E-state index is 0.0472. The summed E-state index contributed by atoms with van der Waals surface area (Å²) in [5.74, 6) is 0. The maximum absolute atomic E-state index is 11.4. The van der Waals surface area contributed by atoms with Gasteiger partial charge in [-0.3, -0.25) is 0 Å². The Balaban J connectivity index is 2.05. The van der Waals surface area contributed by atoms with E-state index >= 15 is 0 Å². The number of hydrogen-bond acceptors (Lipinski definition) is 3. The molecule has 1 aliphatic heterocycles. The van der Waals surface area contributed by atoms with Crippen molar-refractivity contribution < 1.29 is 14.3 Å². The summed E-state index contributed by atoms with van der Waals surface area (Å²) in [5.41, 5.74) is 1.09. The zero-order valence-corrected chi connectivity index (χ0v) is 9.26. The first-order chi connectivity index (χ1) is 7.81. The molecule has 4 heteroatoms. The van der Waals surface area contributed by atoms with Crippen LogP contribution in [0.2, 0.25) is 0 Å². The van der Waals surface area contributed by atoms with Crippen LogP contribution in [-0.2, 0) is 9.47 Å². The van der Waals surface area contributed by atoms with Crippen LogP contribution in [0.4, 0.5) is 4.79 Å². The molecule has 1 saturated heterocycles. The summed E-state index contributed by atoms with van der Waals surface area (Å²) in [4.78, 5) is 13.1. The lowest BCUT2D eigenvalue weighted by atomic mass is 10.1. The molecule has 0 bridgehead atoms. The fourth-order valence-electron chi connectivity index (χ4n) is 1.81. The first-order valence-corrected chi connectivity index (χ1v) is 5.30. The number of ether oxygens (including phenoxy) is 2. The number of methoxy groups -OCH3 is 1. The van der Waals surface area contributed by atoms with Crippen molar-refractivity contribution in [3.63, 3.8) is 0 Å². The predicted octanol–water partition coefficient (Wildman–Crippen LogP) is 1.83. The van der Waals surface area contributed by atoms with E-state index in [9.17, 15) is 4.79 Å². The Hall–Kier alpha value is -1.55. The SMILES string of the molecule is COC(=O)N1CCO[C@@H](c2ccccc2)C1. The third kappa shape index (κ3) is 2.33. The first kappa shape index (κ1) is 11.0. The Labute approximate surface area is 94.8 Å². The van der Waals surface area contributed by atoms with Gasteiger partial charge in [-0.2, -0.15) is 0 Å². The normalized spacial score (nSPS) is 20.6. The second kappa shape index (κ2) is 4.99. The molecule has 1 atom stereocenters. The summed E-state index contributed by atoms with van der Waals surface area (Å²) in [7, 11) is 1.40. The molecule has 0 N–H and O–H groups in total. The Morgan fingerprint density at radius 3 is 2.88 bits per heavy atom. The topological polar surface area (TPSA) is 38.8 Å². The molecule has 0 saturated carbocycles. The molecule has 1 fully saturated rings. The molecule has 4 nitrogen and oxygen atoms in total. The number of carbonyl (C=O) groups excluding carboxylic acids is 1. The van der Waals surface area contributed by atoms with Gasteiger partial charge in [0, 0.05) is 6.54 Å². The van der Waals surface area contributed by atoms with Gasteiger partial charge in [0.05, 0.1) is 20.3 Å². The average Bonchev–Trinajstić information content (AvgIpc) is 2.39. The van der Waals surface area contributed by atoms with Crippen LogP contribution in [0.25, 0.3) is 0 Å². The fraction of sp³-hybridized carbons (Fsp3) is 0.417. The van der Waals surface area contributed by atoms with Gasteiger partial charge in [-0.05, 0) is 5.56 Å². The van der Waals surface area contributed by atoms with Gasteiger partial charge in [0.15, 0.2) is 0 Å². The number of rotatable bonds is 1. The van der Waals surface area contributed by atoms with Crippen molar-refractivity contribution in [3.05, 3.63) is 35.9 Å². The molecular formula is C12H15NO3. The van der Waals surface area contributed by atoms with Gasteiger partial charge >= 0.3 is 6.09 Å². The predicted molar refractivity (Wildman–Crippen MR) is 59.1 cm³/mol. The van der Waals surface area contributed by atoms with Gasteiger partial charge in [0.1, 0.15) is 6.10 Å². The second-order valence-electron chi connectivity index (χ2n) is 3.69. The number of benzene rings is 1. The average molecular weight is 221 g/mol. The van der Waals surface area contributed by atoms with Crippen LogP contribution in [0, 0.1) is 0 Å². The largest absolute Gasteiger partial charge is 0.453 e. The Morgan fingerprint density at radius 1 is 1.44 bits per heavy atom. The van der Waals surface area contributed by atoms with Crippen LogP contribution < -0.4 is 0 Å². The van der Waals surface area contributed by atoms with Gasteiger partial charge in [0.25, 0.3) is 0 Å². The monoisotopic (exact) mass is 221 g/mol. The number of morpholine rings is 1. The third-order valence-electron chi connectivity index (χ3n) is 2.67. The van der Waals surface area contributed by atoms with Gasteiger partial charge in [-0.25, -0.2) is 4.79 Å². The summed E-state index contributed by atoms with van der Waals surface area (Å²) in [6.45, 7) is 1.70. The van der Waals surface area contributed by atoms with Gasteiger partial charge in [-0.15, -0.1) is 0 Å². The molecule has 1 aromatic rings. The highest BCUT2D eigenvalue weighted by molar-refractivity contribution is 5.67. The van der Waals surface area contributed by atoms with Gasteiger partial charge in [0.2, 0.25) is 0 Å². The molecule has 1 aliphatic rings. The maximum atomic E-state index is 11.4. The van der Waals surface area contributed by atoms with E-state index in [4.69, 9.17) is 9.47 Å². The Morgan fingerprint density at radius 2 is 2.19 bits per heavy atom. The van der Waals surface area contributed by atoms with E-state index in [0.717, 1.165) is 5.56 Å². The lowest BCUT2D eigenvalue weighted by Crippen LogP contribution is -2.42. The van der Waals surface area contributed by atoms with Crippen LogP contribution in [0.5, 0.6) is 0 Å². The summed E-state index contributed by atoms with van der Waals surface area (Å²) in [5, 5.41) is 0. The summed E-state index contributed by atoms with van der Waals surface area (Å²) < 4.78 is 10.3. The van der Waals surface area contributed by atoms with Crippen LogP contribution in [0.15, 0.2) is 30.3 Å². The van der Waals surface area contributed by atoms with E-state index in [1.165, 1.54) is 7.11 Å². The summed E-state index contributed by atoms with van der Waals surface area (Å²) >= 11 is 0. The minimum Gasteiger partial charge on any atom is -0.453 e. The zero-order chi connectivity index (χ0) is 11.4. The van der Waals surface area contributed by atoms with E-state index in [1.807, 2.05) is 30.3 Å². The molecule has 0 spiro atoms. The van der Waals surface area contributed by atoms with Crippen molar-refractivity contribution in [2.75, 3.05) is 26.8 Å². The van der Waals surface area contributed by atoms with E-state index in [-0.39, 0.29) is 12.2 Å². The van der Waals surface area contributed by atoms with E-state index in [2.05, 4.69) is 0 Å². The van der Waals surface area contributed by atoms with Crippen molar-refractivity contribution in [2.45, 2.75) is 6.10 Å². The molecule has 16 heavy (non-hydrogen) atoms. The highest BCUT2D eigenvalue weighted by atomic mass is 16.5. The quantitative estimate of drug-likeness (QED) is 0.726. The van der Waals surface area contributed by atoms with Gasteiger partial charge in [-0.1, -0.05) is 30.3 Å². The van der Waals surface area contributed by atoms with E-state index in [1.54, 1.807) is 4.90 Å². The molecule has 2 rings (SSSR count). The molecular weight excluding hydrogens is 206 g/mol. The molecule has 0 aromatic heterocycles. The summed E-state index contributed by atoms with van der Waals surface area (Å²) in [6, 6.07) is 9.91. The number of hydrogen-bond donors (Lipinski definition) is 0. The molecule has 1 aromatic carbocycles. The standard InChI is InChI=1S/C12H15NO3/c1-15-12(14)13-7-8-16-11(9-13)10-5-3-2-4-6-10/h2-6,11H,7-9H2,1H3/t11-/m1/s1. The highest BCUT2D eigenvalue weighted by Crippen LogP contribution is 2.21. The first-order valence-electron chi connectivity index (χ1n) is 5.30. The fourth-order valence-corrected chi connectivity index (χ4v) is 1.81. The molecule has 1 amide bonds. The Kier molecular flexibility index (Phi) is 3.41. The molecule has 0 unspecified atom stereocenters. The van der Waals surface area contributed by atoms with E-state index in [0.29, 0.717) is 19.7 Å². The van der Waals surface area contributed by atoms with Crippen molar-refractivity contribution >= 4 is 6.09 Å². The minimum atomic E-state index is -0.288. The van der Waals surface area contributed by atoms with Crippen LogP contribution in [0.1, 0.15) is 11.7 Å². The molecule has 0 aliphatic carbocycles. The van der Waals surface area contributed by atoms with E-state index < -0.39 is 0 Å². The van der Waals surface area contributed by atoms with Crippen LogP contribution >= 0.6 is 0 Å². The van der Waals surface area contributed by atoms with Crippen molar-refractivity contribution in [1.82, 2.24) is 4.90 Å². The van der Waals surface area contributed by atoms with Crippen molar-refractivity contribution in [3.8, 4) is 0 Å². The highest BCUT2D eigenvalue weighted by Gasteiger charge is 2.25. The van der Waals surface area contributed by atoms with Crippen LogP contribution in [0.3, 0.4) is 0 Å². The number of amides is 1. The van der Waals surface area contributed by atoms with Crippen molar-refractivity contribution in [1.29, 1.82) is 0 Å².